The van der Waals surface area contributed by atoms with E-state index in [1.54, 1.807) is 0 Å². The lowest BCUT2D eigenvalue weighted by Crippen LogP contribution is -2.37. The SMILES string of the molecule is CCOC(=O)c1cccc([C@@H]2CCN(Cc3ccccc3)C[C@@H]2C)c1. The first-order valence-corrected chi connectivity index (χ1v) is 9.20. The van der Waals surface area contributed by atoms with E-state index in [0.717, 1.165) is 26.1 Å². The third-order valence-corrected chi connectivity index (χ3v) is 5.06. The van der Waals surface area contributed by atoms with Gasteiger partial charge in [0.05, 0.1) is 12.2 Å². The van der Waals surface area contributed by atoms with Crippen LogP contribution < -0.4 is 0 Å². The highest BCUT2D eigenvalue weighted by molar-refractivity contribution is 5.89. The minimum Gasteiger partial charge on any atom is -0.462 e. The van der Waals surface area contributed by atoms with Gasteiger partial charge in [0, 0.05) is 13.1 Å². The molecule has 3 nitrogen and oxygen atoms in total. The second-order valence-corrected chi connectivity index (χ2v) is 6.94. The number of benzene rings is 2. The molecule has 0 spiro atoms. The fourth-order valence-electron chi connectivity index (χ4n) is 3.82. The first-order valence-electron chi connectivity index (χ1n) is 9.20. The summed E-state index contributed by atoms with van der Waals surface area (Å²) in [7, 11) is 0. The van der Waals surface area contributed by atoms with Crippen molar-refractivity contribution in [1.29, 1.82) is 0 Å². The highest BCUT2D eigenvalue weighted by atomic mass is 16.5. The van der Waals surface area contributed by atoms with E-state index in [1.165, 1.54) is 11.1 Å². The molecule has 3 heteroatoms. The van der Waals surface area contributed by atoms with E-state index in [2.05, 4.69) is 48.2 Å². The summed E-state index contributed by atoms with van der Waals surface area (Å²) in [5.41, 5.74) is 3.30. The number of hydrogen-bond acceptors (Lipinski definition) is 3. The van der Waals surface area contributed by atoms with Gasteiger partial charge in [-0.15, -0.1) is 0 Å². The van der Waals surface area contributed by atoms with E-state index in [0.29, 0.717) is 24.0 Å². The van der Waals surface area contributed by atoms with Crippen LogP contribution in [-0.2, 0) is 11.3 Å². The summed E-state index contributed by atoms with van der Waals surface area (Å²) in [5.74, 6) is 0.842. The van der Waals surface area contributed by atoms with Crippen LogP contribution in [0.25, 0.3) is 0 Å². The second-order valence-electron chi connectivity index (χ2n) is 6.94. The molecular weight excluding hydrogens is 310 g/mol. The van der Waals surface area contributed by atoms with Gasteiger partial charge in [-0.05, 0) is 55.0 Å². The lowest BCUT2D eigenvalue weighted by atomic mass is 9.81. The molecule has 25 heavy (non-hydrogen) atoms. The molecule has 1 saturated heterocycles. The Morgan fingerprint density at radius 2 is 1.96 bits per heavy atom. The molecule has 1 fully saturated rings. The molecular formula is C22H27NO2. The summed E-state index contributed by atoms with van der Waals surface area (Å²) in [6.07, 6.45) is 1.13. The average Bonchev–Trinajstić information content (AvgIpc) is 2.63. The first-order chi connectivity index (χ1) is 12.2. The van der Waals surface area contributed by atoms with Crippen LogP contribution in [0.2, 0.25) is 0 Å². The number of carbonyl (C=O) groups is 1. The number of ether oxygens (including phenoxy) is 1. The quantitative estimate of drug-likeness (QED) is 0.753. The summed E-state index contributed by atoms with van der Waals surface area (Å²) < 4.78 is 5.13. The van der Waals surface area contributed by atoms with E-state index >= 15 is 0 Å². The molecule has 3 rings (SSSR count). The van der Waals surface area contributed by atoms with Crippen LogP contribution in [-0.4, -0.2) is 30.6 Å². The molecule has 132 valence electrons. The molecule has 2 aromatic carbocycles. The molecule has 2 atom stereocenters. The molecule has 2 aromatic rings. The van der Waals surface area contributed by atoms with Crippen molar-refractivity contribution in [2.24, 2.45) is 5.92 Å². The normalized spacial score (nSPS) is 21.0. The predicted molar refractivity (Wildman–Crippen MR) is 101 cm³/mol. The monoisotopic (exact) mass is 337 g/mol. The Balaban J connectivity index is 1.65. The zero-order valence-electron chi connectivity index (χ0n) is 15.2. The fourth-order valence-corrected chi connectivity index (χ4v) is 3.82. The number of hydrogen-bond donors (Lipinski definition) is 0. The Hall–Kier alpha value is -2.13. The van der Waals surface area contributed by atoms with Crippen LogP contribution in [0.1, 0.15) is 47.7 Å². The van der Waals surface area contributed by atoms with Crippen LogP contribution >= 0.6 is 0 Å². The molecule has 1 aliphatic rings. The third kappa shape index (κ3) is 4.49. The van der Waals surface area contributed by atoms with Crippen LogP contribution in [0.5, 0.6) is 0 Å². The van der Waals surface area contributed by atoms with Gasteiger partial charge < -0.3 is 4.74 Å². The lowest BCUT2D eigenvalue weighted by Gasteiger charge is -2.37. The van der Waals surface area contributed by atoms with Crippen molar-refractivity contribution < 1.29 is 9.53 Å². The Morgan fingerprint density at radius 1 is 1.16 bits per heavy atom. The first kappa shape index (κ1) is 17.7. The molecule has 0 bridgehead atoms. The number of nitrogens with zero attached hydrogens (tertiary/aromatic N) is 1. The number of likely N-dealkylation sites (tertiary alicyclic amines) is 1. The van der Waals surface area contributed by atoms with Gasteiger partial charge in [-0.1, -0.05) is 49.4 Å². The van der Waals surface area contributed by atoms with E-state index in [1.807, 2.05) is 25.1 Å². The smallest absolute Gasteiger partial charge is 0.338 e. The Kier molecular flexibility index (Phi) is 5.87. The number of esters is 1. The fraction of sp³-hybridized carbons (Fsp3) is 0.409. The van der Waals surface area contributed by atoms with Crippen LogP contribution in [0.3, 0.4) is 0 Å². The van der Waals surface area contributed by atoms with Crippen molar-refractivity contribution in [2.45, 2.75) is 32.7 Å². The summed E-state index contributed by atoms with van der Waals surface area (Å²) in [6.45, 7) is 7.76. The standard InChI is InChI=1S/C22H27NO2/c1-3-25-22(24)20-11-7-10-19(14-20)21-12-13-23(15-17(21)2)16-18-8-5-4-6-9-18/h4-11,14,17,21H,3,12-13,15-16H2,1-2H3/t17-,21+/m0/s1. The molecule has 0 aliphatic carbocycles. The number of carbonyl (C=O) groups excluding carboxylic acids is 1. The van der Waals surface area contributed by atoms with Crippen molar-refractivity contribution >= 4 is 5.97 Å². The number of piperidine rings is 1. The van der Waals surface area contributed by atoms with E-state index in [9.17, 15) is 4.79 Å². The predicted octanol–water partition coefficient (Wildman–Crippen LogP) is 4.49. The van der Waals surface area contributed by atoms with Gasteiger partial charge in [0.1, 0.15) is 0 Å². The Labute approximate surface area is 150 Å². The van der Waals surface area contributed by atoms with Gasteiger partial charge in [-0.3, -0.25) is 4.90 Å². The Morgan fingerprint density at radius 3 is 2.68 bits per heavy atom. The van der Waals surface area contributed by atoms with Crippen molar-refractivity contribution in [3.05, 3.63) is 71.3 Å². The van der Waals surface area contributed by atoms with Crippen LogP contribution in [0.4, 0.5) is 0 Å². The molecule has 1 heterocycles. The van der Waals surface area contributed by atoms with Gasteiger partial charge in [0.25, 0.3) is 0 Å². The summed E-state index contributed by atoms with van der Waals surface area (Å²) in [6, 6.07) is 18.6. The van der Waals surface area contributed by atoms with Crippen molar-refractivity contribution in [3.8, 4) is 0 Å². The van der Waals surface area contributed by atoms with Gasteiger partial charge >= 0.3 is 5.97 Å². The zero-order valence-corrected chi connectivity index (χ0v) is 15.2. The molecule has 0 unspecified atom stereocenters. The topological polar surface area (TPSA) is 29.5 Å². The maximum absolute atomic E-state index is 12.0. The van der Waals surface area contributed by atoms with Gasteiger partial charge in [0.2, 0.25) is 0 Å². The summed E-state index contributed by atoms with van der Waals surface area (Å²) in [4.78, 5) is 14.5. The molecule has 0 aromatic heterocycles. The minimum atomic E-state index is -0.224. The van der Waals surface area contributed by atoms with Crippen molar-refractivity contribution in [2.75, 3.05) is 19.7 Å². The number of rotatable bonds is 5. The maximum Gasteiger partial charge on any atom is 0.338 e. The third-order valence-electron chi connectivity index (χ3n) is 5.06. The molecule has 0 saturated carbocycles. The van der Waals surface area contributed by atoms with E-state index in [-0.39, 0.29) is 5.97 Å². The molecule has 0 amide bonds. The average molecular weight is 337 g/mol. The molecule has 0 N–H and O–H groups in total. The van der Waals surface area contributed by atoms with Gasteiger partial charge in [0.15, 0.2) is 0 Å². The maximum atomic E-state index is 12.0. The highest BCUT2D eigenvalue weighted by Crippen LogP contribution is 2.33. The molecule has 1 aliphatic heterocycles. The van der Waals surface area contributed by atoms with E-state index < -0.39 is 0 Å². The molecule has 0 radical (unpaired) electrons. The van der Waals surface area contributed by atoms with Crippen molar-refractivity contribution in [1.82, 2.24) is 4.90 Å². The summed E-state index contributed by atoms with van der Waals surface area (Å²) in [5, 5.41) is 0. The van der Waals surface area contributed by atoms with Crippen LogP contribution in [0.15, 0.2) is 54.6 Å². The van der Waals surface area contributed by atoms with Gasteiger partial charge in [-0.2, -0.15) is 0 Å². The van der Waals surface area contributed by atoms with Crippen LogP contribution in [0, 0.1) is 5.92 Å². The zero-order chi connectivity index (χ0) is 17.6. The second kappa shape index (κ2) is 8.30. The van der Waals surface area contributed by atoms with Crippen molar-refractivity contribution in [3.63, 3.8) is 0 Å². The van der Waals surface area contributed by atoms with Gasteiger partial charge in [-0.25, -0.2) is 4.79 Å². The minimum absolute atomic E-state index is 0.224. The summed E-state index contributed by atoms with van der Waals surface area (Å²) >= 11 is 0. The highest BCUT2D eigenvalue weighted by Gasteiger charge is 2.27. The lowest BCUT2D eigenvalue weighted by molar-refractivity contribution is 0.0526. The van der Waals surface area contributed by atoms with E-state index in [4.69, 9.17) is 4.74 Å². The Bertz CT molecular complexity index is 698. The largest absolute Gasteiger partial charge is 0.462 e.